The van der Waals surface area contributed by atoms with Gasteiger partial charge in [0.25, 0.3) is 0 Å². The lowest BCUT2D eigenvalue weighted by Gasteiger charge is -2.38. The fourth-order valence-corrected chi connectivity index (χ4v) is 3.65. The SMILES string of the molecule is O=C(O)c1ccccc1C(C(=O)O)(C(=O)O)N(Cc1ccccc1)Cc1ccccc1. The lowest BCUT2D eigenvalue weighted by Crippen LogP contribution is -2.57. The van der Waals surface area contributed by atoms with E-state index >= 15 is 0 Å². The molecule has 0 bridgehead atoms. The van der Waals surface area contributed by atoms with E-state index in [9.17, 15) is 29.7 Å². The molecule has 0 aliphatic carbocycles. The number of aromatic carboxylic acids is 1. The van der Waals surface area contributed by atoms with Crippen LogP contribution in [0.3, 0.4) is 0 Å². The third-order valence-electron chi connectivity index (χ3n) is 5.07. The van der Waals surface area contributed by atoms with Crippen LogP contribution in [0.2, 0.25) is 0 Å². The molecule has 0 spiro atoms. The van der Waals surface area contributed by atoms with Crippen LogP contribution in [0.15, 0.2) is 84.9 Å². The molecule has 3 aromatic rings. The molecule has 0 saturated heterocycles. The summed E-state index contributed by atoms with van der Waals surface area (Å²) in [5, 5.41) is 30.2. The lowest BCUT2D eigenvalue weighted by atomic mass is 9.83. The minimum Gasteiger partial charge on any atom is -0.479 e. The van der Waals surface area contributed by atoms with Crippen molar-refractivity contribution in [1.29, 1.82) is 0 Å². The van der Waals surface area contributed by atoms with Crippen LogP contribution in [-0.4, -0.2) is 38.1 Å². The predicted molar refractivity (Wildman–Crippen MR) is 112 cm³/mol. The molecule has 3 rings (SSSR count). The van der Waals surface area contributed by atoms with E-state index in [4.69, 9.17) is 0 Å². The Labute approximate surface area is 178 Å². The van der Waals surface area contributed by atoms with Crippen LogP contribution in [0.4, 0.5) is 0 Å². The van der Waals surface area contributed by atoms with E-state index in [1.54, 1.807) is 60.7 Å². The van der Waals surface area contributed by atoms with Crippen molar-refractivity contribution in [1.82, 2.24) is 4.90 Å². The summed E-state index contributed by atoms with van der Waals surface area (Å²) in [7, 11) is 0. The van der Waals surface area contributed by atoms with Gasteiger partial charge in [-0.1, -0.05) is 78.9 Å². The smallest absolute Gasteiger partial charge is 0.340 e. The maximum atomic E-state index is 12.6. The molecule has 7 nitrogen and oxygen atoms in total. The fraction of sp³-hybridized carbons (Fsp3) is 0.125. The molecule has 0 aromatic heterocycles. The van der Waals surface area contributed by atoms with Crippen LogP contribution < -0.4 is 0 Å². The van der Waals surface area contributed by atoms with Gasteiger partial charge in [-0.3, -0.25) is 4.90 Å². The van der Waals surface area contributed by atoms with Crippen LogP contribution in [0.25, 0.3) is 0 Å². The van der Waals surface area contributed by atoms with Gasteiger partial charge in [0.15, 0.2) is 0 Å². The van der Waals surface area contributed by atoms with Crippen molar-refractivity contribution in [2.24, 2.45) is 0 Å². The monoisotopic (exact) mass is 419 g/mol. The molecule has 0 radical (unpaired) electrons. The van der Waals surface area contributed by atoms with Gasteiger partial charge < -0.3 is 15.3 Å². The average Bonchev–Trinajstić information content (AvgIpc) is 2.75. The van der Waals surface area contributed by atoms with Crippen molar-refractivity contribution in [3.8, 4) is 0 Å². The number of benzene rings is 3. The van der Waals surface area contributed by atoms with Gasteiger partial charge in [-0.05, 0) is 17.2 Å². The molecule has 3 N–H and O–H groups in total. The van der Waals surface area contributed by atoms with E-state index in [2.05, 4.69) is 0 Å². The molecular weight excluding hydrogens is 398 g/mol. The molecule has 3 aromatic carbocycles. The maximum Gasteiger partial charge on any atom is 0.340 e. The Hall–Kier alpha value is -3.97. The minimum atomic E-state index is -2.62. The van der Waals surface area contributed by atoms with Gasteiger partial charge >= 0.3 is 17.9 Å². The van der Waals surface area contributed by atoms with Crippen molar-refractivity contribution in [3.05, 3.63) is 107 Å². The van der Waals surface area contributed by atoms with Crippen molar-refractivity contribution in [2.45, 2.75) is 18.6 Å². The Bertz CT molecular complexity index is 1030. The highest BCUT2D eigenvalue weighted by Crippen LogP contribution is 2.35. The molecule has 158 valence electrons. The first kappa shape index (κ1) is 21.7. The van der Waals surface area contributed by atoms with Gasteiger partial charge in [-0.15, -0.1) is 0 Å². The predicted octanol–water partition coefficient (Wildman–Crippen LogP) is 3.45. The second kappa shape index (κ2) is 9.23. The number of nitrogens with zero attached hydrogens (tertiary/aromatic N) is 1. The quantitative estimate of drug-likeness (QED) is 0.455. The highest BCUT2D eigenvalue weighted by molar-refractivity contribution is 6.07. The fourth-order valence-electron chi connectivity index (χ4n) is 3.65. The standard InChI is InChI=1S/C24H21NO6/c26-21(27)19-13-7-8-14-20(19)24(22(28)29,23(30)31)25(15-17-9-3-1-4-10-17)16-18-11-5-2-6-12-18/h1-14H,15-16H2,(H,26,27)(H,28,29)(H,30,31). The number of carboxylic acid groups (broad SMARTS) is 3. The van der Waals surface area contributed by atoms with E-state index in [1.807, 2.05) is 0 Å². The van der Waals surface area contributed by atoms with Crippen LogP contribution in [0, 0.1) is 0 Å². The van der Waals surface area contributed by atoms with Gasteiger partial charge in [0.2, 0.25) is 5.54 Å². The second-order valence-electron chi connectivity index (χ2n) is 7.00. The first-order chi connectivity index (χ1) is 14.9. The summed E-state index contributed by atoms with van der Waals surface area (Å²) in [4.78, 5) is 38.4. The van der Waals surface area contributed by atoms with E-state index in [1.165, 1.54) is 29.2 Å². The van der Waals surface area contributed by atoms with E-state index in [0.717, 1.165) is 0 Å². The Morgan fingerprint density at radius 3 is 1.48 bits per heavy atom. The topological polar surface area (TPSA) is 115 Å². The van der Waals surface area contributed by atoms with Gasteiger partial charge in [0.1, 0.15) is 0 Å². The number of aliphatic carboxylic acids is 2. The molecule has 0 aliphatic heterocycles. The zero-order valence-electron chi connectivity index (χ0n) is 16.5. The molecular formula is C24H21NO6. The summed E-state index contributed by atoms with van der Waals surface area (Å²) in [6.07, 6.45) is 0. The van der Waals surface area contributed by atoms with Crippen molar-refractivity contribution in [3.63, 3.8) is 0 Å². The summed E-state index contributed by atoms with van der Waals surface area (Å²) in [6, 6.07) is 23.0. The highest BCUT2D eigenvalue weighted by atomic mass is 16.4. The molecule has 0 amide bonds. The largest absolute Gasteiger partial charge is 0.479 e. The Morgan fingerprint density at radius 2 is 1.06 bits per heavy atom. The van der Waals surface area contributed by atoms with Gasteiger partial charge in [-0.2, -0.15) is 0 Å². The second-order valence-corrected chi connectivity index (χ2v) is 7.00. The van der Waals surface area contributed by atoms with E-state index in [0.29, 0.717) is 11.1 Å². The number of carbonyl (C=O) groups is 3. The number of carboxylic acids is 3. The average molecular weight is 419 g/mol. The molecule has 7 heteroatoms. The maximum absolute atomic E-state index is 12.6. The molecule has 31 heavy (non-hydrogen) atoms. The normalized spacial score (nSPS) is 11.3. The van der Waals surface area contributed by atoms with Crippen LogP contribution in [0.1, 0.15) is 27.0 Å². The first-order valence-electron chi connectivity index (χ1n) is 9.50. The molecule has 0 heterocycles. The third-order valence-corrected chi connectivity index (χ3v) is 5.07. The minimum absolute atomic E-state index is 0.0255. The highest BCUT2D eigenvalue weighted by Gasteiger charge is 2.55. The summed E-state index contributed by atoms with van der Waals surface area (Å²) >= 11 is 0. The number of hydrogen-bond donors (Lipinski definition) is 3. The number of rotatable bonds is 9. The third kappa shape index (κ3) is 4.31. The summed E-state index contributed by atoms with van der Waals surface area (Å²) in [5.74, 6) is -4.73. The Morgan fingerprint density at radius 1 is 0.645 bits per heavy atom. The van der Waals surface area contributed by atoms with E-state index in [-0.39, 0.29) is 24.2 Å². The molecule has 0 aliphatic rings. The summed E-state index contributed by atoms with van der Waals surface area (Å²) in [5.41, 5.74) is -1.93. The first-order valence-corrected chi connectivity index (χ1v) is 9.50. The molecule has 0 saturated carbocycles. The van der Waals surface area contributed by atoms with Crippen LogP contribution >= 0.6 is 0 Å². The summed E-state index contributed by atoms with van der Waals surface area (Å²) in [6.45, 7) is -0.0510. The van der Waals surface area contributed by atoms with Crippen LogP contribution in [0.5, 0.6) is 0 Å². The van der Waals surface area contributed by atoms with Gasteiger partial charge in [0.05, 0.1) is 5.56 Å². The zero-order chi connectivity index (χ0) is 22.4. The van der Waals surface area contributed by atoms with Crippen molar-refractivity contribution < 1.29 is 29.7 Å². The van der Waals surface area contributed by atoms with Gasteiger partial charge in [0, 0.05) is 18.7 Å². The summed E-state index contributed by atoms with van der Waals surface area (Å²) < 4.78 is 0. The molecule has 0 fully saturated rings. The van der Waals surface area contributed by atoms with Crippen molar-refractivity contribution >= 4 is 17.9 Å². The Balaban J connectivity index is 2.26. The van der Waals surface area contributed by atoms with Gasteiger partial charge in [-0.25, -0.2) is 14.4 Å². The van der Waals surface area contributed by atoms with E-state index < -0.39 is 23.4 Å². The molecule has 0 atom stereocenters. The molecule has 0 unspecified atom stereocenters. The number of hydrogen-bond acceptors (Lipinski definition) is 4. The lowest BCUT2D eigenvalue weighted by molar-refractivity contribution is -0.170. The zero-order valence-corrected chi connectivity index (χ0v) is 16.5. The van der Waals surface area contributed by atoms with Crippen LogP contribution in [-0.2, 0) is 28.2 Å². The Kier molecular flexibility index (Phi) is 6.47. The van der Waals surface area contributed by atoms with Crippen molar-refractivity contribution in [2.75, 3.05) is 0 Å².